The van der Waals surface area contributed by atoms with E-state index in [4.69, 9.17) is 16.3 Å². The highest BCUT2D eigenvalue weighted by Crippen LogP contribution is 2.22. The highest BCUT2D eigenvalue weighted by atomic mass is 35.5. The molecular weight excluding hydrogens is 312 g/mol. The lowest BCUT2D eigenvalue weighted by molar-refractivity contribution is -0.384. The van der Waals surface area contributed by atoms with Crippen molar-refractivity contribution in [2.75, 3.05) is 6.61 Å². The Bertz CT molecular complexity index is 601. The van der Waals surface area contributed by atoms with Crippen LogP contribution in [0.4, 0.5) is 5.69 Å². The molecule has 0 unspecified atom stereocenters. The van der Waals surface area contributed by atoms with Gasteiger partial charge in [-0.1, -0.05) is 18.5 Å². The van der Waals surface area contributed by atoms with Gasteiger partial charge in [0.1, 0.15) is 0 Å². The number of esters is 1. The van der Waals surface area contributed by atoms with Crippen molar-refractivity contribution in [1.82, 2.24) is 5.32 Å². The predicted molar refractivity (Wildman–Crippen MR) is 80.9 cm³/mol. The zero-order valence-corrected chi connectivity index (χ0v) is 13.3. The number of non-ortho nitro benzene ring substituents is 1. The van der Waals surface area contributed by atoms with Crippen molar-refractivity contribution < 1.29 is 19.2 Å². The van der Waals surface area contributed by atoms with Crippen molar-refractivity contribution in [3.63, 3.8) is 0 Å². The van der Waals surface area contributed by atoms with E-state index in [0.29, 0.717) is 6.42 Å². The number of rotatable bonds is 6. The molecule has 1 rings (SSSR count). The summed E-state index contributed by atoms with van der Waals surface area (Å²) in [4.78, 5) is 33.6. The van der Waals surface area contributed by atoms with Crippen LogP contribution in [-0.2, 0) is 9.53 Å². The number of hydrogen-bond donors (Lipinski definition) is 1. The summed E-state index contributed by atoms with van der Waals surface area (Å²) in [6.07, 6.45) is 0.712. The smallest absolute Gasteiger partial charge is 0.340 e. The van der Waals surface area contributed by atoms with Crippen molar-refractivity contribution in [1.29, 1.82) is 0 Å². The molecule has 0 radical (unpaired) electrons. The van der Waals surface area contributed by atoms with E-state index in [1.165, 1.54) is 12.1 Å². The Morgan fingerprint density at radius 1 is 1.41 bits per heavy atom. The number of benzene rings is 1. The number of amides is 1. The zero-order chi connectivity index (χ0) is 16.9. The third kappa shape index (κ3) is 5.00. The van der Waals surface area contributed by atoms with Crippen molar-refractivity contribution in [3.05, 3.63) is 38.9 Å². The third-order valence-electron chi connectivity index (χ3n) is 3.08. The lowest BCUT2D eigenvalue weighted by atomic mass is 10.0. The highest BCUT2D eigenvalue weighted by molar-refractivity contribution is 6.33. The van der Waals surface area contributed by atoms with E-state index >= 15 is 0 Å². The molecule has 8 heteroatoms. The van der Waals surface area contributed by atoms with Gasteiger partial charge in [0.15, 0.2) is 6.61 Å². The van der Waals surface area contributed by atoms with Crippen LogP contribution < -0.4 is 5.32 Å². The number of nitrogens with zero attached hydrogens (tertiary/aromatic N) is 1. The van der Waals surface area contributed by atoms with Gasteiger partial charge in [-0.2, -0.15) is 0 Å². The van der Waals surface area contributed by atoms with Gasteiger partial charge in [-0.15, -0.1) is 0 Å². The first-order valence-electron chi connectivity index (χ1n) is 6.58. The number of hydrogen-bond acceptors (Lipinski definition) is 5. The maximum Gasteiger partial charge on any atom is 0.340 e. The van der Waals surface area contributed by atoms with Crippen molar-refractivity contribution in [2.24, 2.45) is 0 Å². The first kappa shape index (κ1) is 17.9. The van der Waals surface area contributed by atoms with Crippen molar-refractivity contribution in [2.45, 2.75) is 32.7 Å². The maximum absolute atomic E-state index is 11.9. The van der Waals surface area contributed by atoms with Gasteiger partial charge in [-0.05, 0) is 26.3 Å². The molecule has 0 heterocycles. The predicted octanol–water partition coefficient (Wildman–Crippen LogP) is 2.71. The fourth-order valence-corrected chi connectivity index (χ4v) is 1.69. The summed E-state index contributed by atoms with van der Waals surface area (Å²) >= 11 is 5.82. The van der Waals surface area contributed by atoms with Gasteiger partial charge in [-0.25, -0.2) is 4.79 Å². The molecule has 0 bridgehead atoms. The Hall–Kier alpha value is -2.15. The van der Waals surface area contributed by atoms with E-state index in [-0.39, 0.29) is 16.3 Å². The second-order valence-electron chi connectivity index (χ2n) is 5.28. The van der Waals surface area contributed by atoms with Crippen LogP contribution >= 0.6 is 11.6 Å². The Kier molecular flexibility index (Phi) is 5.87. The van der Waals surface area contributed by atoms with E-state index in [9.17, 15) is 19.7 Å². The van der Waals surface area contributed by atoms with Crippen LogP contribution in [-0.4, -0.2) is 28.9 Å². The van der Waals surface area contributed by atoms with Gasteiger partial charge in [0.25, 0.3) is 11.6 Å². The Balaban J connectivity index is 2.72. The molecule has 0 atom stereocenters. The van der Waals surface area contributed by atoms with Crippen LogP contribution in [0.1, 0.15) is 37.6 Å². The normalized spacial score (nSPS) is 10.9. The number of carbonyl (C=O) groups excluding carboxylic acids is 2. The number of nitrogens with one attached hydrogen (secondary N) is 1. The average Bonchev–Trinajstić information content (AvgIpc) is 2.44. The number of halogens is 1. The lowest BCUT2D eigenvalue weighted by Crippen LogP contribution is -2.44. The molecule has 0 aliphatic rings. The molecule has 22 heavy (non-hydrogen) atoms. The second kappa shape index (κ2) is 7.22. The summed E-state index contributed by atoms with van der Waals surface area (Å²) in [5.74, 6) is -1.35. The van der Waals surface area contributed by atoms with E-state index in [0.717, 1.165) is 6.07 Å². The second-order valence-corrected chi connectivity index (χ2v) is 5.69. The Labute approximate surface area is 132 Å². The van der Waals surface area contributed by atoms with E-state index < -0.39 is 28.9 Å². The summed E-state index contributed by atoms with van der Waals surface area (Å²) < 4.78 is 4.84. The van der Waals surface area contributed by atoms with Gasteiger partial charge in [-0.3, -0.25) is 14.9 Å². The van der Waals surface area contributed by atoms with Gasteiger partial charge >= 0.3 is 5.97 Å². The molecule has 0 fully saturated rings. The minimum atomic E-state index is -0.891. The molecule has 1 amide bonds. The van der Waals surface area contributed by atoms with Crippen LogP contribution in [0.2, 0.25) is 5.02 Å². The summed E-state index contributed by atoms with van der Waals surface area (Å²) in [6.45, 7) is 5.10. The maximum atomic E-state index is 11.9. The molecule has 0 spiro atoms. The topological polar surface area (TPSA) is 98.5 Å². The zero-order valence-electron chi connectivity index (χ0n) is 12.5. The molecule has 120 valence electrons. The van der Waals surface area contributed by atoms with Gasteiger partial charge in [0, 0.05) is 17.7 Å². The highest BCUT2D eigenvalue weighted by Gasteiger charge is 2.21. The van der Waals surface area contributed by atoms with Gasteiger partial charge in [0.05, 0.1) is 15.5 Å². The molecule has 0 saturated carbocycles. The summed E-state index contributed by atoms with van der Waals surface area (Å²) in [5.41, 5.74) is -0.849. The van der Waals surface area contributed by atoms with Crippen LogP contribution in [0, 0.1) is 10.1 Å². The fraction of sp³-hybridized carbons (Fsp3) is 0.429. The minimum absolute atomic E-state index is 0.0184. The summed E-state index contributed by atoms with van der Waals surface area (Å²) in [6, 6.07) is 3.42. The van der Waals surface area contributed by atoms with Crippen LogP contribution in [0.15, 0.2) is 18.2 Å². The average molecular weight is 329 g/mol. The SMILES string of the molecule is CCC(C)(C)NC(=O)COC(=O)c1cc([N+](=O)[O-])ccc1Cl. The third-order valence-corrected chi connectivity index (χ3v) is 3.41. The monoisotopic (exact) mass is 328 g/mol. The Morgan fingerprint density at radius 2 is 2.05 bits per heavy atom. The van der Waals surface area contributed by atoms with E-state index in [1.54, 1.807) is 0 Å². The largest absolute Gasteiger partial charge is 0.452 e. The number of carbonyl (C=O) groups is 2. The van der Waals surface area contributed by atoms with Crippen LogP contribution in [0.5, 0.6) is 0 Å². The van der Waals surface area contributed by atoms with Crippen LogP contribution in [0.3, 0.4) is 0 Å². The number of nitro benzene ring substituents is 1. The standard InChI is InChI=1S/C14H17ClN2O5/c1-4-14(2,3)16-12(18)8-22-13(19)10-7-9(17(20)21)5-6-11(10)15/h5-7H,4,8H2,1-3H3,(H,16,18). The minimum Gasteiger partial charge on any atom is -0.452 e. The van der Waals surface area contributed by atoms with Crippen LogP contribution in [0.25, 0.3) is 0 Å². The molecule has 0 aliphatic carbocycles. The molecule has 1 N–H and O–H groups in total. The number of ether oxygens (including phenoxy) is 1. The first-order chi connectivity index (χ1) is 10.2. The fourth-order valence-electron chi connectivity index (χ4n) is 1.49. The molecular formula is C14H17ClN2O5. The lowest BCUT2D eigenvalue weighted by Gasteiger charge is -2.24. The van der Waals surface area contributed by atoms with Gasteiger partial charge < -0.3 is 10.1 Å². The van der Waals surface area contributed by atoms with Crippen molar-refractivity contribution >= 4 is 29.2 Å². The number of nitro groups is 1. The van der Waals surface area contributed by atoms with Gasteiger partial charge in [0.2, 0.25) is 0 Å². The summed E-state index contributed by atoms with van der Waals surface area (Å²) in [5, 5.41) is 13.4. The molecule has 1 aromatic carbocycles. The molecule has 0 saturated heterocycles. The first-order valence-corrected chi connectivity index (χ1v) is 6.96. The molecule has 0 aliphatic heterocycles. The van der Waals surface area contributed by atoms with E-state index in [2.05, 4.69) is 5.32 Å². The molecule has 0 aromatic heterocycles. The quantitative estimate of drug-likeness (QED) is 0.492. The Morgan fingerprint density at radius 3 is 2.59 bits per heavy atom. The summed E-state index contributed by atoms with van der Waals surface area (Å²) in [7, 11) is 0. The van der Waals surface area contributed by atoms with Crippen molar-refractivity contribution in [3.8, 4) is 0 Å². The van der Waals surface area contributed by atoms with E-state index in [1.807, 2.05) is 20.8 Å². The molecule has 1 aromatic rings. The molecule has 7 nitrogen and oxygen atoms in total.